The number of hydrogen-bond acceptors (Lipinski definition) is 8. The largest absolute Gasteiger partial charge is 0.462 e. The molecule has 0 radical (unpaired) electrons. The van der Waals surface area contributed by atoms with Crippen LogP contribution in [0.4, 0.5) is 11.5 Å². The number of thioether (sulfide) groups is 1. The monoisotopic (exact) mass is 415 g/mol. The lowest BCUT2D eigenvalue weighted by Gasteiger charge is -2.37. The number of anilines is 2. The van der Waals surface area contributed by atoms with E-state index in [4.69, 9.17) is 10.5 Å². The number of nitrogen functional groups attached to an aromatic ring is 1. The summed E-state index contributed by atoms with van der Waals surface area (Å²) in [5.74, 6) is -0.460. The summed E-state index contributed by atoms with van der Waals surface area (Å²) in [4.78, 5) is 37.1. The number of carbonyl (C=O) groups is 2. The van der Waals surface area contributed by atoms with Gasteiger partial charge >= 0.3 is 5.97 Å². The van der Waals surface area contributed by atoms with Crippen LogP contribution in [0, 0.1) is 0 Å². The van der Waals surface area contributed by atoms with Gasteiger partial charge in [-0.15, -0.1) is 0 Å². The van der Waals surface area contributed by atoms with Gasteiger partial charge in [0.15, 0.2) is 5.16 Å². The Morgan fingerprint density at radius 2 is 1.90 bits per heavy atom. The van der Waals surface area contributed by atoms with Crippen molar-refractivity contribution in [1.29, 1.82) is 0 Å². The number of hydrogen-bond donors (Lipinski definition) is 1. The average molecular weight is 416 g/mol. The Hall–Kier alpha value is -2.81. The van der Waals surface area contributed by atoms with Crippen molar-refractivity contribution >= 4 is 35.1 Å². The highest BCUT2D eigenvalue weighted by atomic mass is 32.2. The third kappa shape index (κ3) is 5.17. The number of nitrogens with two attached hydrogens (primary N) is 1. The molecule has 3 rings (SSSR count). The number of ether oxygens (including phenoxy) is 1. The molecule has 1 aliphatic rings. The van der Waals surface area contributed by atoms with Gasteiger partial charge in [-0.1, -0.05) is 30.0 Å². The highest BCUT2D eigenvalue weighted by Crippen LogP contribution is 2.24. The van der Waals surface area contributed by atoms with Crippen LogP contribution in [0.15, 0.2) is 41.7 Å². The number of esters is 1. The third-order valence-electron chi connectivity index (χ3n) is 4.63. The van der Waals surface area contributed by atoms with Crippen LogP contribution in [-0.4, -0.2) is 64.8 Å². The number of piperazine rings is 1. The molecule has 0 bridgehead atoms. The summed E-state index contributed by atoms with van der Waals surface area (Å²) in [5, 5.41) is 0.00504. The molecule has 2 N–H and O–H groups in total. The van der Waals surface area contributed by atoms with Crippen molar-refractivity contribution in [2.24, 2.45) is 0 Å². The molecule has 0 saturated carbocycles. The summed E-state index contributed by atoms with van der Waals surface area (Å²) >= 11 is 1.23. The first-order chi connectivity index (χ1) is 14.0. The molecule has 0 spiro atoms. The first-order valence-corrected chi connectivity index (χ1v) is 10.4. The van der Waals surface area contributed by atoms with Gasteiger partial charge in [-0.3, -0.25) is 4.79 Å². The summed E-state index contributed by atoms with van der Waals surface area (Å²) in [6, 6.07) is 10.2. The van der Waals surface area contributed by atoms with Crippen molar-refractivity contribution in [3.63, 3.8) is 0 Å². The second-order valence-electron chi connectivity index (χ2n) is 6.58. The van der Waals surface area contributed by atoms with E-state index in [1.165, 1.54) is 23.6 Å². The number of carbonyl (C=O) groups excluding carboxylic acids is 2. The lowest BCUT2D eigenvalue weighted by atomic mass is 10.2. The molecule has 154 valence electrons. The predicted molar refractivity (Wildman–Crippen MR) is 113 cm³/mol. The van der Waals surface area contributed by atoms with Crippen LogP contribution in [0.3, 0.4) is 0 Å². The molecule has 1 fully saturated rings. The molecule has 2 aromatic rings. The van der Waals surface area contributed by atoms with Crippen LogP contribution in [0.5, 0.6) is 0 Å². The van der Waals surface area contributed by atoms with Crippen LogP contribution in [0.25, 0.3) is 0 Å². The van der Waals surface area contributed by atoms with E-state index < -0.39 is 5.97 Å². The average Bonchev–Trinajstić information content (AvgIpc) is 2.74. The van der Waals surface area contributed by atoms with Crippen molar-refractivity contribution in [2.75, 3.05) is 43.4 Å². The Labute approximate surface area is 174 Å². The number of rotatable bonds is 6. The maximum atomic E-state index is 12.8. The minimum atomic E-state index is -0.554. The first-order valence-electron chi connectivity index (χ1n) is 9.54. The van der Waals surface area contributed by atoms with Crippen LogP contribution in [0.1, 0.15) is 24.2 Å². The van der Waals surface area contributed by atoms with Crippen LogP contribution < -0.4 is 10.6 Å². The van der Waals surface area contributed by atoms with Gasteiger partial charge in [0, 0.05) is 38.1 Å². The van der Waals surface area contributed by atoms with Gasteiger partial charge < -0.3 is 20.3 Å². The van der Waals surface area contributed by atoms with E-state index in [0.717, 1.165) is 13.1 Å². The van der Waals surface area contributed by atoms with E-state index in [2.05, 4.69) is 27.0 Å². The number of amides is 1. The van der Waals surface area contributed by atoms with E-state index in [1.54, 1.807) is 6.92 Å². The second kappa shape index (κ2) is 9.60. The summed E-state index contributed by atoms with van der Waals surface area (Å²) in [6.45, 7) is 6.72. The maximum absolute atomic E-state index is 12.8. The highest BCUT2D eigenvalue weighted by molar-refractivity contribution is 8.00. The maximum Gasteiger partial charge on any atom is 0.343 e. The number of aromatic nitrogens is 2. The predicted octanol–water partition coefficient (Wildman–Crippen LogP) is 2.06. The zero-order valence-electron chi connectivity index (χ0n) is 16.6. The standard InChI is InChI=1S/C20H25N5O3S/c1-3-28-19(27)16-13-22-20(23-17(16)21)29-14(2)18(26)25-11-9-24(10-12-25)15-7-5-4-6-8-15/h4-8,13-14H,3,9-12H2,1-2H3,(H2,21,22,23). The fourth-order valence-corrected chi connectivity index (χ4v) is 3.92. The van der Waals surface area contributed by atoms with Crippen molar-refractivity contribution < 1.29 is 14.3 Å². The van der Waals surface area contributed by atoms with Crippen molar-refractivity contribution in [2.45, 2.75) is 24.3 Å². The van der Waals surface area contributed by atoms with E-state index in [9.17, 15) is 9.59 Å². The minimum Gasteiger partial charge on any atom is -0.462 e. The van der Waals surface area contributed by atoms with Gasteiger partial charge in [0.1, 0.15) is 11.4 Å². The van der Waals surface area contributed by atoms with Crippen molar-refractivity contribution in [3.8, 4) is 0 Å². The SMILES string of the molecule is CCOC(=O)c1cnc(SC(C)C(=O)N2CCN(c3ccccc3)CC2)nc1N. The molecule has 1 aromatic carbocycles. The summed E-state index contributed by atoms with van der Waals surface area (Å²) in [6.07, 6.45) is 1.35. The van der Waals surface area contributed by atoms with E-state index in [1.807, 2.05) is 30.0 Å². The number of para-hydroxylation sites is 1. The Kier molecular flexibility index (Phi) is 6.92. The van der Waals surface area contributed by atoms with Crippen LogP contribution >= 0.6 is 11.8 Å². The summed E-state index contributed by atoms with van der Waals surface area (Å²) in [5.41, 5.74) is 7.16. The van der Waals surface area contributed by atoms with E-state index >= 15 is 0 Å². The van der Waals surface area contributed by atoms with Crippen LogP contribution in [-0.2, 0) is 9.53 Å². The molecule has 1 atom stereocenters. The van der Waals surface area contributed by atoms with Gasteiger partial charge in [0.25, 0.3) is 0 Å². The Bertz CT molecular complexity index is 856. The molecule has 29 heavy (non-hydrogen) atoms. The van der Waals surface area contributed by atoms with Crippen molar-refractivity contribution in [3.05, 3.63) is 42.1 Å². The summed E-state index contributed by atoms with van der Waals surface area (Å²) < 4.78 is 4.92. The van der Waals surface area contributed by atoms with Gasteiger partial charge in [0.2, 0.25) is 5.91 Å². The molecular weight excluding hydrogens is 390 g/mol. The molecule has 8 nitrogen and oxygen atoms in total. The van der Waals surface area contributed by atoms with Crippen LogP contribution in [0.2, 0.25) is 0 Å². The lowest BCUT2D eigenvalue weighted by Crippen LogP contribution is -2.50. The minimum absolute atomic E-state index is 0.0411. The van der Waals surface area contributed by atoms with E-state index in [-0.39, 0.29) is 29.1 Å². The first kappa shape index (κ1) is 20.9. The molecule has 1 aliphatic heterocycles. The van der Waals surface area contributed by atoms with Gasteiger partial charge in [-0.2, -0.15) is 0 Å². The molecule has 1 amide bonds. The Morgan fingerprint density at radius 3 is 2.52 bits per heavy atom. The van der Waals surface area contributed by atoms with E-state index in [0.29, 0.717) is 18.2 Å². The van der Waals surface area contributed by atoms with Gasteiger partial charge in [0.05, 0.1) is 11.9 Å². The molecule has 0 aliphatic carbocycles. The molecular formula is C20H25N5O3S. The molecule has 1 saturated heterocycles. The fraction of sp³-hybridized carbons (Fsp3) is 0.400. The normalized spacial score (nSPS) is 15.1. The fourth-order valence-electron chi connectivity index (χ4n) is 3.09. The van der Waals surface area contributed by atoms with Gasteiger partial charge in [-0.05, 0) is 26.0 Å². The topological polar surface area (TPSA) is 102 Å². The Balaban J connectivity index is 1.56. The molecule has 1 unspecified atom stereocenters. The second-order valence-corrected chi connectivity index (χ2v) is 7.89. The lowest BCUT2D eigenvalue weighted by molar-refractivity contribution is -0.130. The highest BCUT2D eigenvalue weighted by Gasteiger charge is 2.26. The van der Waals surface area contributed by atoms with Gasteiger partial charge in [-0.25, -0.2) is 14.8 Å². The van der Waals surface area contributed by atoms with Crippen molar-refractivity contribution in [1.82, 2.24) is 14.9 Å². The molecule has 2 heterocycles. The zero-order valence-corrected chi connectivity index (χ0v) is 17.4. The molecule has 9 heteroatoms. The number of benzene rings is 1. The Morgan fingerprint density at radius 1 is 1.21 bits per heavy atom. The summed E-state index contributed by atoms with van der Waals surface area (Å²) in [7, 11) is 0. The smallest absolute Gasteiger partial charge is 0.343 e. The molecule has 1 aromatic heterocycles. The quantitative estimate of drug-likeness (QED) is 0.435. The number of nitrogens with zero attached hydrogens (tertiary/aromatic N) is 4. The third-order valence-corrected chi connectivity index (χ3v) is 5.60. The zero-order chi connectivity index (χ0) is 20.8.